The lowest BCUT2D eigenvalue weighted by Gasteiger charge is -2.35. The fourth-order valence-electron chi connectivity index (χ4n) is 4.21. The van der Waals surface area contributed by atoms with E-state index in [1.807, 2.05) is 32.5 Å². The van der Waals surface area contributed by atoms with Crippen LogP contribution < -0.4 is 20.9 Å². The number of nitrogens with zero attached hydrogens (tertiary/aromatic N) is 6. The van der Waals surface area contributed by atoms with Crippen LogP contribution in [0, 0.1) is 12.8 Å². The molecule has 1 fully saturated rings. The maximum Gasteiger partial charge on any atom is 0.273 e. The number of hydrogen-bond acceptors (Lipinski definition) is 8. The number of rotatable bonds is 5. The Balaban J connectivity index is 1.59. The smallest absolute Gasteiger partial charge is 0.273 e. The van der Waals surface area contributed by atoms with Crippen LogP contribution in [0.25, 0.3) is 11.3 Å². The van der Waals surface area contributed by atoms with E-state index in [1.54, 1.807) is 10.9 Å². The van der Waals surface area contributed by atoms with Crippen LogP contribution in [0.3, 0.4) is 0 Å². The molecule has 11 heteroatoms. The van der Waals surface area contributed by atoms with Crippen LogP contribution in [0.15, 0.2) is 18.5 Å². The lowest BCUT2D eigenvalue weighted by atomic mass is 9.93. The first-order chi connectivity index (χ1) is 17.4. The van der Waals surface area contributed by atoms with E-state index in [0.717, 1.165) is 40.9 Å². The molecule has 1 aliphatic carbocycles. The molecule has 34 heavy (non-hydrogen) atoms. The number of anilines is 4. The van der Waals surface area contributed by atoms with Gasteiger partial charge in [0.25, 0.3) is 5.91 Å². The maximum atomic E-state index is 12.8. The molecule has 1 aliphatic heterocycles. The van der Waals surface area contributed by atoms with Crippen molar-refractivity contribution in [2.45, 2.75) is 32.7 Å². The van der Waals surface area contributed by atoms with Crippen LogP contribution in [0.4, 0.5) is 23.0 Å². The van der Waals surface area contributed by atoms with Crippen molar-refractivity contribution in [1.29, 1.82) is 0 Å². The predicted octanol–water partition coefficient (Wildman–Crippen LogP) is 2.54. The predicted molar refractivity (Wildman–Crippen MR) is 128 cm³/mol. The quantitative estimate of drug-likeness (QED) is 0.525. The topological polar surface area (TPSA) is 130 Å². The van der Waals surface area contributed by atoms with E-state index >= 15 is 0 Å². The summed E-state index contributed by atoms with van der Waals surface area (Å²) < 4.78 is 24.0. The molecule has 5 rings (SSSR count). The molecule has 11 nitrogen and oxygen atoms in total. The summed E-state index contributed by atoms with van der Waals surface area (Å²) in [7, 11) is 3.82. The fourth-order valence-corrected chi connectivity index (χ4v) is 4.21. The Labute approximate surface area is 201 Å². The molecule has 3 aromatic heterocycles. The van der Waals surface area contributed by atoms with Gasteiger partial charge in [-0.1, -0.05) is 0 Å². The van der Waals surface area contributed by atoms with Crippen molar-refractivity contribution in [2.24, 2.45) is 13.0 Å². The van der Waals surface area contributed by atoms with Gasteiger partial charge in [-0.2, -0.15) is 5.10 Å². The Hall–Kier alpha value is -4.02. The molecule has 2 aliphatic rings. The molecule has 0 bridgehead atoms. The van der Waals surface area contributed by atoms with E-state index in [-0.39, 0.29) is 35.1 Å². The SMILES string of the molecule is [2H]C([2H])([2H])NC(=O)c1nnc(NC(=O)C2CC2)cc1Nc1ncc(C)c2c1N(C)[C@@H](C)c1cn(C)nc1-2. The lowest BCUT2D eigenvalue weighted by molar-refractivity contribution is -0.117. The minimum atomic E-state index is -2.72. The second kappa shape index (κ2) is 8.08. The van der Waals surface area contributed by atoms with Crippen molar-refractivity contribution in [2.75, 3.05) is 29.6 Å². The van der Waals surface area contributed by atoms with E-state index < -0.39 is 12.9 Å². The minimum Gasteiger partial charge on any atom is -0.364 e. The highest BCUT2D eigenvalue weighted by Gasteiger charge is 2.33. The lowest BCUT2D eigenvalue weighted by Crippen LogP contribution is -2.28. The first kappa shape index (κ1) is 18.4. The third-order valence-electron chi connectivity index (χ3n) is 6.30. The fraction of sp³-hybridized carbons (Fsp3) is 0.391. The molecule has 1 atom stereocenters. The monoisotopic (exact) mass is 464 g/mol. The van der Waals surface area contributed by atoms with Crippen molar-refractivity contribution in [3.8, 4) is 11.3 Å². The number of aryl methyl sites for hydroxylation is 2. The highest BCUT2D eigenvalue weighted by Crippen LogP contribution is 2.48. The van der Waals surface area contributed by atoms with Gasteiger partial charge in [-0.25, -0.2) is 4.98 Å². The van der Waals surface area contributed by atoms with Crippen LogP contribution in [0.1, 0.15) is 51.5 Å². The number of hydrogen-bond donors (Lipinski definition) is 3. The number of aromatic nitrogens is 5. The van der Waals surface area contributed by atoms with Crippen LogP contribution in [0.5, 0.6) is 0 Å². The molecule has 176 valence electrons. The van der Waals surface area contributed by atoms with Gasteiger partial charge in [0.1, 0.15) is 5.69 Å². The van der Waals surface area contributed by atoms with E-state index in [2.05, 4.69) is 42.7 Å². The van der Waals surface area contributed by atoms with Crippen LogP contribution in [-0.4, -0.2) is 50.8 Å². The summed E-state index contributed by atoms with van der Waals surface area (Å²) in [5.41, 5.74) is 4.40. The summed E-state index contributed by atoms with van der Waals surface area (Å²) in [4.78, 5) is 31.8. The van der Waals surface area contributed by atoms with Gasteiger partial charge in [0.05, 0.1) is 17.4 Å². The Morgan fingerprint density at radius 3 is 2.76 bits per heavy atom. The van der Waals surface area contributed by atoms with Crippen LogP contribution >= 0.6 is 0 Å². The first-order valence-electron chi connectivity index (χ1n) is 12.5. The van der Waals surface area contributed by atoms with E-state index in [4.69, 9.17) is 4.11 Å². The standard InChI is InChI=1S/C23H27N9O2/c1-11-9-25-21(20-17(11)18-14(10-31(4)30-18)12(2)32(20)5)26-15-8-16(27-22(33)13-6-7-13)28-29-19(15)23(34)24-3/h8-10,12-13H,6-7H2,1-5H3,(H,24,34)(H2,25,26,27,28,33)/t12-/m0/s1/i3D3. The number of fused-ring (bicyclic) bond motifs is 3. The van der Waals surface area contributed by atoms with Gasteiger partial charge in [-0.15, -0.1) is 10.2 Å². The Morgan fingerprint density at radius 2 is 2.03 bits per heavy atom. The Kier molecular flexibility index (Phi) is 4.38. The third kappa shape index (κ3) is 3.62. The van der Waals surface area contributed by atoms with Crippen molar-refractivity contribution in [1.82, 2.24) is 30.3 Å². The van der Waals surface area contributed by atoms with Gasteiger partial charge in [-0.05, 0) is 32.3 Å². The zero-order valence-corrected chi connectivity index (χ0v) is 19.3. The molecule has 0 radical (unpaired) electrons. The van der Waals surface area contributed by atoms with E-state index in [9.17, 15) is 9.59 Å². The highest BCUT2D eigenvalue weighted by molar-refractivity contribution is 6.01. The molecule has 3 N–H and O–H groups in total. The van der Waals surface area contributed by atoms with E-state index in [0.29, 0.717) is 5.82 Å². The number of amides is 2. The van der Waals surface area contributed by atoms with Gasteiger partial charge in [-0.3, -0.25) is 14.3 Å². The summed E-state index contributed by atoms with van der Waals surface area (Å²) in [6.45, 7) is 1.29. The molecular weight excluding hydrogens is 434 g/mol. The second-order valence-corrected chi connectivity index (χ2v) is 8.74. The molecule has 0 spiro atoms. The Bertz CT molecular complexity index is 1420. The van der Waals surface area contributed by atoms with Crippen molar-refractivity contribution >= 4 is 34.8 Å². The largest absolute Gasteiger partial charge is 0.364 e. The molecule has 0 saturated heterocycles. The summed E-state index contributed by atoms with van der Waals surface area (Å²) in [6.07, 6.45) is 5.31. The summed E-state index contributed by atoms with van der Waals surface area (Å²) in [5.74, 6) is -0.627. The number of carbonyl (C=O) groups excluding carboxylic acids is 2. The average molecular weight is 465 g/mol. The normalized spacial score (nSPS) is 18.2. The van der Waals surface area contributed by atoms with Crippen LogP contribution in [-0.2, 0) is 11.8 Å². The van der Waals surface area contributed by atoms with Crippen molar-refractivity contribution < 1.29 is 13.7 Å². The molecule has 0 aromatic carbocycles. The average Bonchev–Trinajstić information content (AvgIpc) is 3.59. The van der Waals surface area contributed by atoms with Crippen molar-refractivity contribution in [3.63, 3.8) is 0 Å². The molecule has 2 amide bonds. The molecule has 4 heterocycles. The van der Waals surface area contributed by atoms with Crippen LogP contribution in [0.2, 0.25) is 0 Å². The van der Waals surface area contributed by atoms with Crippen molar-refractivity contribution in [3.05, 3.63) is 35.3 Å². The maximum absolute atomic E-state index is 12.8. The third-order valence-corrected chi connectivity index (χ3v) is 6.30. The minimum absolute atomic E-state index is 0.0114. The number of pyridine rings is 1. The zero-order chi connectivity index (χ0) is 26.6. The zero-order valence-electron chi connectivity index (χ0n) is 22.3. The summed E-state index contributed by atoms with van der Waals surface area (Å²) in [5, 5.41) is 20.4. The molecule has 1 saturated carbocycles. The Morgan fingerprint density at radius 1 is 1.24 bits per heavy atom. The van der Waals surface area contributed by atoms with Gasteiger partial charge in [0.2, 0.25) is 5.91 Å². The molecular formula is C23H27N9O2. The van der Waals surface area contributed by atoms with Gasteiger partial charge in [0.15, 0.2) is 17.3 Å². The summed E-state index contributed by atoms with van der Waals surface area (Å²) in [6, 6.07) is 1.44. The summed E-state index contributed by atoms with van der Waals surface area (Å²) >= 11 is 0. The molecule has 0 unspecified atom stereocenters. The number of nitrogens with one attached hydrogen (secondary N) is 3. The second-order valence-electron chi connectivity index (χ2n) is 8.74. The number of carbonyl (C=O) groups is 2. The van der Waals surface area contributed by atoms with Gasteiger partial charge < -0.3 is 20.9 Å². The van der Waals surface area contributed by atoms with Gasteiger partial charge >= 0.3 is 0 Å². The van der Waals surface area contributed by atoms with E-state index in [1.165, 1.54) is 6.07 Å². The highest BCUT2D eigenvalue weighted by atomic mass is 16.2. The van der Waals surface area contributed by atoms with Gasteiger partial charge in [0, 0.05) is 60.7 Å². The first-order valence-corrected chi connectivity index (χ1v) is 11.0. The molecule has 3 aromatic rings.